The molecule has 1 aliphatic rings. The molecule has 1 saturated heterocycles. The van der Waals surface area contributed by atoms with Crippen LogP contribution in [0.3, 0.4) is 0 Å². The fourth-order valence-electron chi connectivity index (χ4n) is 3.91. The molecule has 4 nitrogen and oxygen atoms in total. The molecule has 1 N–H and O–H groups in total. The van der Waals surface area contributed by atoms with Gasteiger partial charge in [0.05, 0.1) is 5.52 Å². The van der Waals surface area contributed by atoms with E-state index in [4.69, 9.17) is 0 Å². The average Bonchev–Trinajstić information content (AvgIpc) is 2.74. The van der Waals surface area contributed by atoms with Gasteiger partial charge in [0.2, 0.25) is 0 Å². The third-order valence-corrected chi connectivity index (χ3v) is 5.57. The number of para-hydroxylation sites is 1. The fraction of sp³-hybridized carbons (Fsp3) is 0.292. The summed E-state index contributed by atoms with van der Waals surface area (Å²) in [5.74, 6) is 0. The van der Waals surface area contributed by atoms with Gasteiger partial charge in [-0.1, -0.05) is 60.7 Å². The second-order valence-corrected chi connectivity index (χ2v) is 7.50. The normalized spacial score (nSPS) is 16.0. The number of aromatic nitrogens is 1. The maximum Gasteiger partial charge on any atom is 0.252 e. The summed E-state index contributed by atoms with van der Waals surface area (Å²) in [5.41, 5.74) is 3.21. The summed E-state index contributed by atoms with van der Waals surface area (Å²) in [6.45, 7) is 3.12. The van der Waals surface area contributed by atoms with E-state index < -0.39 is 0 Å². The lowest BCUT2D eigenvalue weighted by Gasteiger charge is -2.32. The summed E-state index contributed by atoms with van der Waals surface area (Å²) in [6.07, 6.45) is 6.61. The molecular formula is C24H27N3O. The Morgan fingerprint density at radius 2 is 1.75 bits per heavy atom. The number of likely N-dealkylation sites (tertiary alicyclic amines) is 1. The highest BCUT2D eigenvalue weighted by atomic mass is 16.1. The molecule has 0 amide bonds. The first kappa shape index (κ1) is 18.5. The van der Waals surface area contributed by atoms with E-state index in [0.717, 1.165) is 49.1 Å². The van der Waals surface area contributed by atoms with E-state index in [-0.39, 0.29) is 5.56 Å². The molecule has 0 atom stereocenters. The van der Waals surface area contributed by atoms with Crippen LogP contribution in [0.15, 0.2) is 71.5 Å². The van der Waals surface area contributed by atoms with Gasteiger partial charge in [0.15, 0.2) is 0 Å². The standard InChI is InChI=1S/C24H27N3O/c1-26-23-12-6-5-11-21(23)22(18-24(26)28)25-20-13-16-27(17-14-20)15-7-10-19-8-3-2-4-9-19/h2-12,18,20,25H,13-17H2,1H3/b10-7+. The molecule has 0 unspecified atom stereocenters. The Morgan fingerprint density at radius 3 is 2.54 bits per heavy atom. The van der Waals surface area contributed by atoms with Gasteiger partial charge in [0.25, 0.3) is 5.56 Å². The Morgan fingerprint density at radius 1 is 1.04 bits per heavy atom. The first-order valence-electron chi connectivity index (χ1n) is 10.00. The minimum atomic E-state index is 0.0321. The number of hydrogen-bond acceptors (Lipinski definition) is 3. The quantitative estimate of drug-likeness (QED) is 0.731. The maximum absolute atomic E-state index is 12.3. The van der Waals surface area contributed by atoms with Crippen molar-refractivity contribution in [3.8, 4) is 0 Å². The van der Waals surface area contributed by atoms with Crippen molar-refractivity contribution < 1.29 is 0 Å². The van der Waals surface area contributed by atoms with Gasteiger partial charge < -0.3 is 9.88 Å². The van der Waals surface area contributed by atoms with Crippen LogP contribution in [0.4, 0.5) is 5.69 Å². The Hall–Kier alpha value is -2.85. The number of pyridine rings is 1. The third-order valence-electron chi connectivity index (χ3n) is 5.57. The lowest BCUT2D eigenvalue weighted by Crippen LogP contribution is -2.39. The van der Waals surface area contributed by atoms with Gasteiger partial charge in [0, 0.05) is 49.9 Å². The van der Waals surface area contributed by atoms with E-state index in [2.05, 4.69) is 52.7 Å². The van der Waals surface area contributed by atoms with Crippen molar-refractivity contribution in [3.63, 3.8) is 0 Å². The van der Waals surface area contributed by atoms with E-state index in [0.29, 0.717) is 6.04 Å². The van der Waals surface area contributed by atoms with Crippen LogP contribution in [0, 0.1) is 0 Å². The number of nitrogens with zero attached hydrogens (tertiary/aromatic N) is 2. The molecule has 0 aliphatic carbocycles. The molecule has 2 heterocycles. The summed E-state index contributed by atoms with van der Waals surface area (Å²) < 4.78 is 1.71. The van der Waals surface area contributed by atoms with Gasteiger partial charge in [-0.15, -0.1) is 0 Å². The van der Waals surface area contributed by atoms with Gasteiger partial charge in [-0.25, -0.2) is 0 Å². The zero-order valence-corrected chi connectivity index (χ0v) is 16.3. The van der Waals surface area contributed by atoms with Crippen LogP contribution in [0.1, 0.15) is 18.4 Å². The van der Waals surface area contributed by atoms with Crippen LogP contribution in [0.5, 0.6) is 0 Å². The smallest absolute Gasteiger partial charge is 0.252 e. The predicted molar refractivity (Wildman–Crippen MR) is 118 cm³/mol. The summed E-state index contributed by atoms with van der Waals surface area (Å²) in [4.78, 5) is 14.8. The van der Waals surface area contributed by atoms with E-state index in [1.807, 2.05) is 31.3 Å². The number of hydrogen-bond donors (Lipinski definition) is 1. The second-order valence-electron chi connectivity index (χ2n) is 7.50. The topological polar surface area (TPSA) is 37.3 Å². The molecule has 1 fully saturated rings. The number of nitrogens with one attached hydrogen (secondary N) is 1. The van der Waals surface area contributed by atoms with Crippen molar-refractivity contribution in [3.05, 3.63) is 82.7 Å². The molecular weight excluding hydrogens is 346 g/mol. The van der Waals surface area contributed by atoms with Gasteiger partial charge >= 0.3 is 0 Å². The van der Waals surface area contributed by atoms with Gasteiger partial charge in [0.1, 0.15) is 0 Å². The number of fused-ring (bicyclic) bond motifs is 1. The monoisotopic (exact) mass is 373 g/mol. The van der Waals surface area contributed by atoms with E-state index in [1.165, 1.54) is 5.56 Å². The molecule has 28 heavy (non-hydrogen) atoms. The number of rotatable bonds is 5. The number of aryl methyl sites for hydroxylation is 1. The number of piperidine rings is 1. The van der Waals surface area contributed by atoms with Crippen molar-refractivity contribution in [1.29, 1.82) is 0 Å². The molecule has 0 bridgehead atoms. The average molecular weight is 374 g/mol. The highest BCUT2D eigenvalue weighted by Crippen LogP contribution is 2.24. The molecule has 1 aromatic heterocycles. The van der Waals surface area contributed by atoms with Gasteiger partial charge in [-0.3, -0.25) is 9.69 Å². The fourth-order valence-corrected chi connectivity index (χ4v) is 3.91. The Balaban J connectivity index is 1.36. The van der Waals surface area contributed by atoms with Crippen LogP contribution in [0.25, 0.3) is 17.0 Å². The highest BCUT2D eigenvalue weighted by Gasteiger charge is 2.19. The van der Waals surface area contributed by atoms with Crippen LogP contribution in [-0.4, -0.2) is 35.1 Å². The van der Waals surface area contributed by atoms with E-state index >= 15 is 0 Å². The molecule has 3 aromatic rings. The zero-order chi connectivity index (χ0) is 19.3. The zero-order valence-electron chi connectivity index (χ0n) is 16.3. The third kappa shape index (κ3) is 4.18. The molecule has 2 aromatic carbocycles. The van der Waals surface area contributed by atoms with Gasteiger partial charge in [-0.05, 0) is 24.5 Å². The summed E-state index contributed by atoms with van der Waals surface area (Å²) >= 11 is 0. The van der Waals surface area contributed by atoms with Crippen molar-refractivity contribution >= 4 is 22.7 Å². The van der Waals surface area contributed by atoms with Crippen LogP contribution >= 0.6 is 0 Å². The Labute approximate surface area is 166 Å². The van der Waals surface area contributed by atoms with Crippen molar-refractivity contribution in [2.45, 2.75) is 18.9 Å². The second kappa shape index (κ2) is 8.44. The maximum atomic E-state index is 12.3. The molecule has 4 heteroatoms. The van der Waals surface area contributed by atoms with E-state index in [1.54, 1.807) is 10.6 Å². The van der Waals surface area contributed by atoms with E-state index in [9.17, 15) is 4.79 Å². The molecule has 0 saturated carbocycles. The summed E-state index contributed by atoms with van der Waals surface area (Å²) in [6, 6.07) is 20.7. The summed E-state index contributed by atoms with van der Waals surface area (Å²) in [5, 5.41) is 4.75. The Bertz CT molecular complexity index is 1010. The summed E-state index contributed by atoms with van der Waals surface area (Å²) in [7, 11) is 1.83. The Kier molecular flexibility index (Phi) is 5.58. The van der Waals surface area contributed by atoms with Crippen molar-refractivity contribution in [1.82, 2.24) is 9.47 Å². The van der Waals surface area contributed by atoms with Gasteiger partial charge in [-0.2, -0.15) is 0 Å². The minimum absolute atomic E-state index is 0.0321. The predicted octanol–water partition coefficient (Wildman–Crippen LogP) is 4.13. The molecule has 4 rings (SSSR count). The SMILES string of the molecule is Cn1c(=O)cc(NC2CCN(C/C=C/c3ccccc3)CC2)c2ccccc21. The van der Waals surface area contributed by atoms with Crippen molar-refractivity contribution in [2.24, 2.45) is 7.05 Å². The number of benzene rings is 2. The van der Waals surface area contributed by atoms with Crippen LogP contribution < -0.4 is 10.9 Å². The number of anilines is 1. The molecule has 1 aliphatic heterocycles. The van der Waals surface area contributed by atoms with Crippen LogP contribution in [0.2, 0.25) is 0 Å². The minimum Gasteiger partial charge on any atom is -0.382 e. The molecule has 0 spiro atoms. The first-order chi connectivity index (χ1) is 13.7. The lowest BCUT2D eigenvalue weighted by atomic mass is 10.0. The highest BCUT2D eigenvalue weighted by molar-refractivity contribution is 5.91. The molecule has 0 radical (unpaired) electrons. The largest absolute Gasteiger partial charge is 0.382 e. The molecule has 144 valence electrons. The first-order valence-corrected chi connectivity index (χ1v) is 10.00. The van der Waals surface area contributed by atoms with Crippen molar-refractivity contribution in [2.75, 3.05) is 25.0 Å². The van der Waals surface area contributed by atoms with Crippen LogP contribution in [-0.2, 0) is 7.05 Å². The lowest BCUT2D eigenvalue weighted by molar-refractivity contribution is 0.240.